The van der Waals surface area contributed by atoms with Crippen molar-refractivity contribution < 1.29 is 0 Å². The maximum atomic E-state index is 3.77. The minimum Gasteiger partial charge on any atom is -0.368 e. The molecule has 2 aliphatic rings. The molecule has 1 N–H and O–H groups in total. The molecule has 2 aliphatic heterocycles. The van der Waals surface area contributed by atoms with Gasteiger partial charge in [0, 0.05) is 36.2 Å². The van der Waals surface area contributed by atoms with Gasteiger partial charge in [0.25, 0.3) is 0 Å². The van der Waals surface area contributed by atoms with Crippen LogP contribution in [0.2, 0.25) is 0 Å². The van der Waals surface area contributed by atoms with E-state index in [0.29, 0.717) is 6.04 Å². The second-order valence-corrected chi connectivity index (χ2v) is 6.85. The van der Waals surface area contributed by atoms with Crippen molar-refractivity contribution in [1.82, 2.24) is 10.2 Å². The Morgan fingerprint density at radius 1 is 1.30 bits per heavy atom. The molecule has 0 aliphatic carbocycles. The monoisotopic (exact) mass is 337 g/mol. The van der Waals surface area contributed by atoms with Gasteiger partial charge in [0.05, 0.1) is 5.69 Å². The molecule has 4 heteroatoms. The number of rotatable bonds is 3. The first kappa shape index (κ1) is 14.4. The number of nitrogens with one attached hydrogen (secondary N) is 1. The summed E-state index contributed by atoms with van der Waals surface area (Å²) < 4.78 is 1.23. The van der Waals surface area contributed by atoms with E-state index in [9.17, 15) is 0 Å². The molecule has 2 unspecified atom stereocenters. The summed E-state index contributed by atoms with van der Waals surface area (Å²) in [6.07, 6.45) is 2.74. The average molecular weight is 338 g/mol. The molecule has 2 saturated heterocycles. The highest BCUT2D eigenvalue weighted by Crippen LogP contribution is 2.32. The van der Waals surface area contributed by atoms with Crippen LogP contribution < -0.4 is 10.2 Å². The van der Waals surface area contributed by atoms with Gasteiger partial charge in [-0.25, -0.2) is 0 Å². The number of nitrogens with zero attached hydrogens (tertiary/aromatic N) is 2. The van der Waals surface area contributed by atoms with Gasteiger partial charge in [-0.15, -0.1) is 0 Å². The Balaban J connectivity index is 1.77. The first-order valence-electron chi connectivity index (χ1n) is 7.64. The van der Waals surface area contributed by atoms with Crippen LogP contribution in [0, 0.1) is 0 Å². The van der Waals surface area contributed by atoms with Crippen molar-refractivity contribution in [3.63, 3.8) is 0 Å². The number of benzene rings is 1. The van der Waals surface area contributed by atoms with Crippen LogP contribution in [0.3, 0.4) is 0 Å². The molecule has 3 nitrogen and oxygen atoms in total. The van der Waals surface area contributed by atoms with Gasteiger partial charge in [-0.1, -0.05) is 6.07 Å². The van der Waals surface area contributed by atoms with E-state index in [2.05, 4.69) is 56.2 Å². The fourth-order valence-corrected chi connectivity index (χ4v) is 4.07. The molecular weight excluding hydrogens is 314 g/mol. The van der Waals surface area contributed by atoms with E-state index in [1.807, 2.05) is 7.05 Å². The molecule has 3 rings (SSSR count). The smallest absolute Gasteiger partial charge is 0.0511 e. The normalized spacial score (nSPS) is 24.8. The largest absolute Gasteiger partial charge is 0.368 e. The van der Waals surface area contributed by atoms with Crippen LogP contribution in [0.1, 0.15) is 31.4 Å². The highest BCUT2D eigenvalue weighted by atomic mass is 79.9. The quantitative estimate of drug-likeness (QED) is 0.914. The van der Waals surface area contributed by atoms with E-state index >= 15 is 0 Å². The van der Waals surface area contributed by atoms with Gasteiger partial charge in [-0.05, 0) is 67.0 Å². The number of piperazine rings is 1. The molecule has 0 amide bonds. The molecule has 2 heterocycles. The summed E-state index contributed by atoms with van der Waals surface area (Å²) in [5.74, 6) is 0. The Kier molecular flexibility index (Phi) is 4.34. The highest BCUT2D eigenvalue weighted by Gasteiger charge is 2.31. The molecule has 1 aromatic rings. The summed E-state index contributed by atoms with van der Waals surface area (Å²) in [6, 6.07) is 7.95. The lowest BCUT2D eigenvalue weighted by Crippen LogP contribution is -2.50. The fourth-order valence-electron chi connectivity index (χ4n) is 3.43. The number of halogens is 1. The summed E-state index contributed by atoms with van der Waals surface area (Å²) in [7, 11) is 2.01. The number of anilines is 1. The second-order valence-electron chi connectivity index (χ2n) is 6.00. The van der Waals surface area contributed by atoms with Crippen LogP contribution in [-0.4, -0.2) is 44.2 Å². The molecule has 0 aromatic heterocycles. The van der Waals surface area contributed by atoms with Gasteiger partial charge in [-0.2, -0.15) is 0 Å². The first-order chi connectivity index (χ1) is 9.69. The maximum Gasteiger partial charge on any atom is 0.0511 e. The molecule has 1 aromatic carbocycles. The minimum absolute atomic E-state index is 0.395. The van der Waals surface area contributed by atoms with Crippen molar-refractivity contribution in [3.8, 4) is 0 Å². The average Bonchev–Trinajstić information content (AvgIpc) is 2.93. The summed E-state index contributed by atoms with van der Waals surface area (Å²) >= 11 is 3.77. The second kappa shape index (κ2) is 6.04. The molecule has 2 fully saturated rings. The molecule has 0 radical (unpaired) electrons. The van der Waals surface area contributed by atoms with Gasteiger partial charge in [-0.3, -0.25) is 4.90 Å². The third-order valence-electron chi connectivity index (χ3n) is 4.83. The summed E-state index contributed by atoms with van der Waals surface area (Å²) in [4.78, 5) is 5.20. The Bertz CT molecular complexity index is 477. The van der Waals surface area contributed by atoms with Crippen LogP contribution in [-0.2, 0) is 0 Å². The van der Waals surface area contributed by atoms with Crippen molar-refractivity contribution in [1.29, 1.82) is 0 Å². The van der Waals surface area contributed by atoms with Gasteiger partial charge in [0.1, 0.15) is 0 Å². The molecule has 20 heavy (non-hydrogen) atoms. The zero-order chi connectivity index (χ0) is 14.1. The van der Waals surface area contributed by atoms with Gasteiger partial charge >= 0.3 is 0 Å². The first-order valence-corrected chi connectivity index (χ1v) is 8.44. The zero-order valence-electron chi connectivity index (χ0n) is 12.4. The zero-order valence-corrected chi connectivity index (χ0v) is 14.0. The Labute approximate surface area is 130 Å². The minimum atomic E-state index is 0.395. The van der Waals surface area contributed by atoms with Crippen molar-refractivity contribution in [3.05, 3.63) is 28.2 Å². The van der Waals surface area contributed by atoms with Crippen molar-refractivity contribution >= 4 is 21.6 Å². The van der Waals surface area contributed by atoms with Crippen LogP contribution in [0.5, 0.6) is 0 Å². The van der Waals surface area contributed by atoms with E-state index in [0.717, 1.165) is 12.6 Å². The van der Waals surface area contributed by atoms with E-state index in [1.165, 1.54) is 48.2 Å². The van der Waals surface area contributed by atoms with Crippen LogP contribution in [0.25, 0.3) is 0 Å². The number of fused-ring (bicyclic) bond motifs is 1. The Hall–Kier alpha value is -0.580. The van der Waals surface area contributed by atoms with Gasteiger partial charge < -0.3 is 10.2 Å². The lowest BCUT2D eigenvalue weighted by Gasteiger charge is -2.39. The van der Waals surface area contributed by atoms with Crippen molar-refractivity contribution in [2.75, 3.05) is 38.1 Å². The van der Waals surface area contributed by atoms with Gasteiger partial charge in [0.2, 0.25) is 0 Å². The van der Waals surface area contributed by atoms with Crippen molar-refractivity contribution in [2.24, 2.45) is 0 Å². The lowest BCUT2D eigenvalue weighted by atomic mass is 10.1. The predicted molar refractivity (Wildman–Crippen MR) is 88.4 cm³/mol. The molecule has 2 atom stereocenters. The van der Waals surface area contributed by atoms with Crippen molar-refractivity contribution in [2.45, 2.75) is 31.8 Å². The standard InChI is InChI=1S/C16H24BrN3/c1-12(18-2)13-5-6-16(15(17)10-13)20-9-8-19-7-3-4-14(19)11-20/h5-6,10,12,14,18H,3-4,7-9,11H2,1-2H3. The van der Waals surface area contributed by atoms with Crippen LogP contribution >= 0.6 is 15.9 Å². The molecular formula is C16H24BrN3. The van der Waals surface area contributed by atoms with E-state index in [-0.39, 0.29) is 0 Å². The van der Waals surface area contributed by atoms with E-state index < -0.39 is 0 Å². The fraction of sp³-hybridized carbons (Fsp3) is 0.625. The molecule has 0 bridgehead atoms. The Morgan fingerprint density at radius 3 is 2.90 bits per heavy atom. The topological polar surface area (TPSA) is 18.5 Å². The van der Waals surface area contributed by atoms with E-state index in [4.69, 9.17) is 0 Å². The highest BCUT2D eigenvalue weighted by molar-refractivity contribution is 9.10. The number of hydrogen-bond acceptors (Lipinski definition) is 3. The van der Waals surface area contributed by atoms with Gasteiger partial charge in [0.15, 0.2) is 0 Å². The Morgan fingerprint density at radius 2 is 2.15 bits per heavy atom. The van der Waals surface area contributed by atoms with E-state index in [1.54, 1.807) is 0 Å². The van der Waals surface area contributed by atoms with Crippen LogP contribution in [0.15, 0.2) is 22.7 Å². The molecule has 0 saturated carbocycles. The lowest BCUT2D eigenvalue weighted by molar-refractivity contribution is 0.231. The summed E-state index contributed by atoms with van der Waals surface area (Å²) in [5, 5.41) is 3.30. The van der Waals surface area contributed by atoms with Crippen LogP contribution in [0.4, 0.5) is 5.69 Å². The maximum absolute atomic E-state index is 3.77. The SMILES string of the molecule is CNC(C)c1ccc(N2CCN3CCCC3C2)c(Br)c1. The number of hydrogen-bond donors (Lipinski definition) is 1. The summed E-state index contributed by atoms with van der Waals surface area (Å²) in [6.45, 7) is 7.04. The summed E-state index contributed by atoms with van der Waals surface area (Å²) in [5.41, 5.74) is 2.69. The molecule has 0 spiro atoms. The predicted octanol–water partition coefficient (Wildman–Crippen LogP) is 3.01. The third kappa shape index (κ3) is 2.74. The third-order valence-corrected chi connectivity index (χ3v) is 5.47. The molecule has 110 valence electrons.